The Labute approximate surface area is 81.5 Å². The van der Waals surface area contributed by atoms with Gasteiger partial charge in [-0.3, -0.25) is 0 Å². The van der Waals surface area contributed by atoms with Crippen molar-refractivity contribution in [3.63, 3.8) is 0 Å². The molecule has 13 heavy (non-hydrogen) atoms. The Morgan fingerprint density at radius 2 is 1.85 bits per heavy atom. The summed E-state index contributed by atoms with van der Waals surface area (Å²) < 4.78 is 0. The molecule has 0 aromatic carbocycles. The van der Waals surface area contributed by atoms with E-state index >= 15 is 0 Å². The number of hydrogen-bond acceptors (Lipinski definition) is 1. The standard InChI is InChI=1S/C12H20O/c1-2-3-4-5-6-7-8-9-10-11-12-13/h2-3,6,8,13H,4-5,9-12H2,1H3/b3-2+. The van der Waals surface area contributed by atoms with E-state index in [0.29, 0.717) is 6.61 Å². The first-order valence-corrected chi connectivity index (χ1v) is 5.03. The summed E-state index contributed by atoms with van der Waals surface area (Å²) in [5.74, 6) is 0. The maximum absolute atomic E-state index is 8.52. The van der Waals surface area contributed by atoms with Crippen LogP contribution in [0.15, 0.2) is 30.0 Å². The minimum Gasteiger partial charge on any atom is -0.396 e. The largest absolute Gasteiger partial charge is 0.396 e. The van der Waals surface area contributed by atoms with E-state index in [1.54, 1.807) is 0 Å². The van der Waals surface area contributed by atoms with Gasteiger partial charge in [0.15, 0.2) is 0 Å². The molecule has 0 amide bonds. The number of aliphatic hydroxyl groups excluding tert-OH is 1. The van der Waals surface area contributed by atoms with Gasteiger partial charge < -0.3 is 5.11 Å². The maximum atomic E-state index is 8.52. The normalized spacial score (nSPS) is 10.0. The maximum Gasteiger partial charge on any atom is 0.0431 e. The molecule has 0 aromatic rings. The summed E-state index contributed by atoms with van der Waals surface area (Å²) in [7, 11) is 0. The first kappa shape index (κ1) is 12.2. The number of unbranched alkanes of at least 4 members (excludes halogenated alkanes) is 3. The summed E-state index contributed by atoms with van der Waals surface area (Å²) in [5, 5.41) is 8.52. The van der Waals surface area contributed by atoms with Crippen molar-refractivity contribution in [2.75, 3.05) is 6.61 Å². The van der Waals surface area contributed by atoms with Gasteiger partial charge in [0.2, 0.25) is 0 Å². The zero-order valence-corrected chi connectivity index (χ0v) is 8.50. The minimum atomic E-state index is 0.304. The van der Waals surface area contributed by atoms with Crippen molar-refractivity contribution < 1.29 is 5.11 Å². The molecule has 1 N–H and O–H groups in total. The SMILES string of the molecule is C/C=C/CCC=C=CCCCCO. The van der Waals surface area contributed by atoms with Gasteiger partial charge in [0.1, 0.15) is 0 Å². The van der Waals surface area contributed by atoms with Crippen molar-refractivity contribution in [3.8, 4) is 0 Å². The fraction of sp³-hybridized carbons (Fsp3) is 0.583. The Hall–Kier alpha value is -0.780. The summed E-state index contributed by atoms with van der Waals surface area (Å²) in [6, 6.07) is 0. The lowest BCUT2D eigenvalue weighted by Crippen LogP contribution is -1.79. The second kappa shape index (κ2) is 11.2. The highest BCUT2D eigenvalue weighted by molar-refractivity contribution is 4.87. The van der Waals surface area contributed by atoms with Crippen LogP contribution in [0, 0.1) is 0 Å². The summed E-state index contributed by atoms with van der Waals surface area (Å²) in [5.41, 5.74) is 3.14. The highest BCUT2D eigenvalue weighted by Gasteiger charge is 1.80. The molecule has 0 heterocycles. The lowest BCUT2D eigenvalue weighted by atomic mass is 10.2. The van der Waals surface area contributed by atoms with Crippen molar-refractivity contribution in [3.05, 3.63) is 30.0 Å². The van der Waals surface area contributed by atoms with Gasteiger partial charge in [-0.05, 0) is 51.2 Å². The van der Waals surface area contributed by atoms with Gasteiger partial charge >= 0.3 is 0 Å². The van der Waals surface area contributed by atoms with E-state index in [-0.39, 0.29) is 0 Å². The van der Waals surface area contributed by atoms with Crippen LogP contribution < -0.4 is 0 Å². The summed E-state index contributed by atoms with van der Waals surface area (Å²) in [6.07, 6.45) is 13.5. The van der Waals surface area contributed by atoms with Crippen molar-refractivity contribution in [2.24, 2.45) is 0 Å². The Morgan fingerprint density at radius 1 is 1.08 bits per heavy atom. The monoisotopic (exact) mass is 180 g/mol. The molecule has 0 saturated carbocycles. The quantitative estimate of drug-likeness (QED) is 0.362. The van der Waals surface area contributed by atoms with Crippen molar-refractivity contribution >= 4 is 0 Å². The number of allylic oxidation sites excluding steroid dienone is 3. The fourth-order valence-corrected chi connectivity index (χ4v) is 0.954. The smallest absolute Gasteiger partial charge is 0.0431 e. The Balaban J connectivity index is 3.26. The van der Waals surface area contributed by atoms with Gasteiger partial charge in [-0.15, -0.1) is 5.73 Å². The van der Waals surface area contributed by atoms with E-state index < -0.39 is 0 Å². The molecular weight excluding hydrogens is 160 g/mol. The van der Waals surface area contributed by atoms with Crippen LogP contribution in [0.4, 0.5) is 0 Å². The topological polar surface area (TPSA) is 20.2 Å². The minimum absolute atomic E-state index is 0.304. The molecule has 0 radical (unpaired) electrons. The first-order chi connectivity index (χ1) is 6.41. The van der Waals surface area contributed by atoms with Crippen LogP contribution in [0.2, 0.25) is 0 Å². The van der Waals surface area contributed by atoms with Crippen LogP contribution in [0.3, 0.4) is 0 Å². The van der Waals surface area contributed by atoms with E-state index in [1.807, 2.05) is 13.0 Å². The van der Waals surface area contributed by atoms with E-state index in [4.69, 9.17) is 5.11 Å². The molecule has 0 aromatic heterocycles. The van der Waals surface area contributed by atoms with Gasteiger partial charge in [-0.2, -0.15) is 0 Å². The van der Waals surface area contributed by atoms with Gasteiger partial charge in [-0.25, -0.2) is 0 Å². The van der Waals surface area contributed by atoms with Crippen molar-refractivity contribution in [2.45, 2.75) is 39.0 Å². The predicted molar refractivity (Wildman–Crippen MR) is 57.6 cm³/mol. The zero-order valence-electron chi connectivity index (χ0n) is 8.50. The van der Waals surface area contributed by atoms with E-state index in [9.17, 15) is 0 Å². The third-order valence-electron chi connectivity index (χ3n) is 1.71. The molecule has 0 unspecified atom stereocenters. The molecule has 0 saturated heterocycles. The third-order valence-corrected chi connectivity index (χ3v) is 1.71. The first-order valence-electron chi connectivity index (χ1n) is 5.03. The molecule has 0 fully saturated rings. The summed E-state index contributed by atoms with van der Waals surface area (Å²) >= 11 is 0. The average Bonchev–Trinajstić information content (AvgIpc) is 2.16. The molecule has 0 rings (SSSR count). The zero-order chi connectivity index (χ0) is 9.78. The molecule has 0 bridgehead atoms. The highest BCUT2D eigenvalue weighted by atomic mass is 16.2. The summed E-state index contributed by atoms with van der Waals surface area (Å²) in [6.45, 7) is 2.34. The molecule has 0 aliphatic carbocycles. The molecule has 0 aliphatic rings. The molecular formula is C12H20O. The van der Waals surface area contributed by atoms with Crippen LogP contribution in [0.25, 0.3) is 0 Å². The Morgan fingerprint density at radius 3 is 2.54 bits per heavy atom. The molecule has 74 valence electrons. The average molecular weight is 180 g/mol. The molecule has 0 spiro atoms. The lowest BCUT2D eigenvalue weighted by Gasteiger charge is -1.88. The molecule has 0 atom stereocenters. The fourth-order valence-electron chi connectivity index (χ4n) is 0.954. The van der Waals surface area contributed by atoms with Gasteiger partial charge in [0, 0.05) is 6.61 Å². The lowest BCUT2D eigenvalue weighted by molar-refractivity contribution is 0.285. The van der Waals surface area contributed by atoms with Crippen LogP contribution in [-0.4, -0.2) is 11.7 Å². The van der Waals surface area contributed by atoms with E-state index in [2.05, 4.69) is 24.0 Å². The highest BCUT2D eigenvalue weighted by Crippen LogP contribution is 1.95. The van der Waals surface area contributed by atoms with Gasteiger partial charge in [0.05, 0.1) is 0 Å². The molecule has 1 nitrogen and oxygen atoms in total. The van der Waals surface area contributed by atoms with Crippen molar-refractivity contribution in [1.82, 2.24) is 0 Å². The van der Waals surface area contributed by atoms with Crippen LogP contribution in [-0.2, 0) is 0 Å². The predicted octanol–water partition coefficient (Wildman–Crippen LogP) is 3.22. The second-order valence-electron chi connectivity index (χ2n) is 2.94. The number of hydrogen-bond donors (Lipinski definition) is 1. The van der Waals surface area contributed by atoms with Gasteiger partial charge in [-0.1, -0.05) is 12.2 Å². The molecule has 1 heteroatoms. The van der Waals surface area contributed by atoms with Crippen LogP contribution in [0.5, 0.6) is 0 Å². The van der Waals surface area contributed by atoms with Gasteiger partial charge in [0.25, 0.3) is 0 Å². The third kappa shape index (κ3) is 11.2. The van der Waals surface area contributed by atoms with Crippen molar-refractivity contribution in [1.29, 1.82) is 0 Å². The second-order valence-corrected chi connectivity index (χ2v) is 2.94. The van der Waals surface area contributed by atoms with Crippen LogP contribution in [0.1, 0.15) is 39.0 Å². The van der Waals surface area contributed by atoms with E-state index in [1.165, 1.54) is 0 Å². The molecule has 0 aliphatic heterocycles. The van der Waals surface area contributed by atoms with Crippen LogP contribution >= 0.6 is 0 Å². The summed E-state index contributed by atoms with van der Waals surface area (Å²) in [4.78, 5) is 0. The Kier molecular flexibility index (Phi) is 10.5. The number of aliphatic hydroxyl groups is 1. The Bertz CT molecular complexity index is 174. The number of rotatable bonds is 7. The van der Waals surface area contributed by atoms with E-state index in [0.717, 1.165) is 32.1 Å².